The fourth-order valence-electron chi connectivity index (χ4n) is 3.18. The van der Waals surface area contributed by atoms with Crippen LogP contribution in [0.3, 0.4) is 0 Å². The van der Waals surface area contributed by atoms with Gasteiger partial charge in [0.1, 0.15) is 0 Å². The number of carbonyl (C=O) groups is 1. The van der Waals surface area contributed by atoms with Gasteiger partial charge in [-0.15, -0.1) is 0 Å². The van der Waals surface area contributed by atoms with Gasteiger partial charge in [0.2, 0.25) is 20.0 Å². The second-order valence-corrected chi connectivity index (χ2v) is 11.3. The lowest BCUT2D eigenvalue weighted by molar-refractivity contribution is 0.102. The number of aromatic nitrogens is 1. The highest BCUT2D eigenvalue weighted by molar-refractivity contribution is 7.89. The fraction of sp³-hybridized carbons (Fsp3) is 0.222. The molecule has 158 valence electrons. The summed E-state index contributed by atoms with van der Waals surface area (Å²) in [7, 11) is -7.48. The summed E-state index contributed by atoms with van der Waals surface area (Å²) in [6.07, 6.45) is 1.65. The number of hydrogen-bond acceptors (Lipinski definition) is 7. The molecule has 1 fully saturated rings. The van der Waals surface area contributed by atoms with Crippen LogP contribution in [0, 0.1) is 0 Å². The van der Waals surface area contributed by atoms with Gasteiger partial charge in [-0.25, -0.2) is 27.0 Å². The highest BCUT2D eigenvalue weighted by Crippen LogP contribution is 2.28. The predicted molar refractivity (Wildman–Crippen MR) is 113 cm³/mol. The molecule has 1 amide bonds. The van der Waals surface area contributed by atoms with E-state index in [0.717, 1.165) is 24.2 Å². The minimum atomic E-state index is -3.85. The molecule has 2 heterocycles. The molecule has 0 saturated carbocycles. The van der Waals surface area contributed by atoms with E-state index in [4.69, 9.17) is 5.14 Å². The summed E-state index contributed by atoms with van der Waals surface area (Å²) in [5.41, 5.74) is 0.688. The van der Waals surface area contributed by atoms with E-state index in [2.05, 4.69) is 10.3 Å². The Morgan fingerprint density at radius 2 is 1.77 bits per heavy atom. The molecule has 9 nitrogen and oxygen atoms in total. The van der Waals surface area contributed by atoms with Crippen molar-refractivity contribution in [2.75, 3.05) is 18.4 Å². The van der Waals surface area contributed by atoms with Crippen LogP contribution >= 0.6 is 11.3 Å². The number of anilines is 1. The smallest absolute Gasteiger partial charge is 0.257 e. The molecule has 3 N–H and O–H groups in total. The van der Waals surface area contributed by atoms with Crippen LogP contribution in [0.2, 0.25) is 0 Å². The van der Waals surface area contributed by atoms with Crippen LogP contribution in [0.4, 0.5) is 5.13 Å². The van der Waals surface area contributed by atoms with E-state index in [9.17, 15) is 21.6 Å². The van der Waals surface area contributed by atoms with Crippen LogP contribution < -0.4 is 10.5 Å². The van der Waals surface area contributed by atoms with Gasteiger partial charge < -0.3 is 0 Å². The number of thiazole rings is 1. The number of amides is 1. The Bertz CT molecular complexity index is 1340. The molecule has 3 aromatic rings. The quantitative estimate of drug-likeness (QED) is 0.589. The zero-order valence-electron chi connectivity index (χ0n) is 15.6. The Morgan fingerprint density at radius 3 is 2.47 bits per heavy atom. The number of benzene rings is 2. The number of primary sulfonamides is 1. The summed E-state index contributed by atoms with van der Waals surface area (Å²) in [6, 6.07) is 10.1. The van der Waals surface area contributed by atoms with E-state index in [1.54, 1.807) is 0 Å². The number of hydrogen-bond donors (Lipinski definition) is 2. The van der Waals surface area contributed by atoms with Gasteiger partial charge >= 0.3 is 0 Å². The van der Waals surface area contributed by atoms with E-state index in [-0.39, 0.29) is 20.5 Å². The molecule has 1 aliphatic heterocycles. The molecule has 4 rings (SSSR count). The lowest BCUT2D eigenvalue weighted by atomic mass is 10.2. The molecule has 1 aliphatic rings. The number of nitrogens with zero attached hydrogens (tertiary/aromatic N) is 2. The number of nitrogens with one attached hydrogen (secondary N) is 1. The van der Waals surface area contributed by atoms with Gasteiger partial charge in [-0.1, -0.05) is 17.4 Å². The zero-order chi connectivity index (χ0) is 21.5. The molecule has 0 spiro atoms. The molecule has 30 heavy (non-hydrogen) atoms. The second-order valence-electron chi connectivity index (χ2n) is 6.79. The van der Waals surface area contributed by atoms with E-state index in [1.165, 1.54) is 46.8 Å². The largest absolute Gasteiger partial charge is 0.298 e. The first kappa shape index (κ1) is 20.9. The molecular formula is C18H18N4O5S3. The lowest BCUT2D eigenvalue weighted by Crippen LogP contribution is -2.28. The van der Waals surface area contributed by atoms with E-state index in [0.29, 0.717) is 23.3 Å². The second kappa shape index (κ2) is 7.71. The van der Waals surface area contributed by atoms with Gasteiger partial charge in [-0.2, -0.15) is 4.31 Å². The first-order valence-corrected chi connectivity index (χ1v) is 12.8. The van der Waals surface area contributed by atoms with Crippen molar-refractivity contribution < 1.29 is 21.6 Å². The average molecular weight is 467 g/mol. The highest BCUT2D eigenvalue weighted by Gasteiger charge is 2.27. The van der Waals surface area contributed by atoms with E-state index >= 15 is 0 Å². The van der Waals surface area contributed by atoms with Gasteiger partial charge in [0.25, 0.3) is 5.91 Å². The molecule has 2 aromatic carbocycles. The summed E-state index contributed by atoms with van der Waals surface area (Å²) in [4.78, 5) is 16.9. The van der Waals surface area contributed by atoms with Crippen molar-refractivity contribution in [2.45, 2.75) is 22.6 Å². The Hall–Kier alpha value is -2.38. The summed E-state index contributed by atoms with van der Waals surface area (Å²) in [5, 5.41) is 8.03. The van der Waals surface area contributed by atoms with Crippen molar-refractivity contribution in [2.24, 2.45) is 5.14 Å². The number of fused-ring (bicyclic) bond motifs is 1. The molecule has 0 bridgehead atoms. The summed E-state index contributed by atoms with van der Waals surface area (Å²) >= 11 is 1.09. The van der Waals surface area contributed by atoms with Gasteiger partial charge in [-0.05, 0) is 49.2 Å². The van der Waals surface area contributed by atoms with Gasteiger partial charge in [0.15, 0.2) is 5.13 Å². The van der Waals surface area contributed by atoms with E-state index in [1.807, 2.05) is 0 Å². The van der Waals surface area contributed by atoms with Gasteiger partial charge in [-0.3, -0.25) is 10.1 Å². The third-order valence-electron chi connectivity index (χ3n) is 4.71. The number of carbonyl (C=O) groups excluding carboxylic acids is 1. The van der Waals surface area contributed by atoms with Crippen LogP contribution in [0.5, 0.6) is 0 Å². The Balaban J connectivity index is 1.58. The first-order valence-electron chi connectivity index (χ1n) is 8.99. The Labute approximate surface area is 177 Å². The van der Waals surface area contributed by atoms with Crippen LogP contribution in [-0.2, 0) is 20.0 Å². The molecule has 0 unspecified atom stereocenters. The third kappa shape index (κ3) is 4.09. The maximum absolute atomic E-state index is 12.7. The van der Waals surface area contributed by atoms with Crippen molar-refractivity contribution in [1.29, 1.82) is 0 Å². The minimum Gasteiger partial charge on any atom is -0.298 e. The maximum Gasteiger partial charge on any atom is 0.257 e. The lowest BCUT2D eigenvalue weighted by Gasteiger charge is -2.15. The number of rotatable bonds is 5. The van der Waals surface area contributed by atoms with Gasteiger partial charge in [0, 0.05) is 18.7 Å². The normalized spacial score (nSPS) is 15.5. The molecule has 0 aliphatic carbocycles. The van der Waals surface area contributed by atoms with Crippen molar-refractivity contribution in [3.8, 4) is 0 Å². The molecule has 1 aromatic heterocycles. The zero-order valence-corrected chi connectivity index (χ0v) is 18.1. The standard InChI is InChI=1S/C18H18N4O5S3/c19-29(24,25)13-6-7-15-16(11-13)28-18(20-15)21-17(23)12-4-3-5-14(10-12)30(26,27)22-8-1-2-9-22/h3-7,10-11H,1-2,8-9H2,(H2,19,24,25)(H,20,21,23). The Kier molecular flexibility index (Phi) is 5.36. The average Bonchev–Trinajstić information content (AvgIpc) is 3.36. The summed E-state index contributed by atoms with van der Waals surface area (Å²) in [5.74, 6) is -0.515. The van der Waals surface area contributed by atoms with Crippen molar-refractivity contribution in [1.82, 2.24) is 9.29 Å². The molecule has 0 radical (unpaired) electrons. The van der Waals surface area contributed by atoms with Crippen LogP contribution in [0.15, 0.2) is 52.3 Å². The first-order chi connectivity index (χ1) is 14.1. The minimum absolute atomic E-state index is 0.0450. The molecule has 0 atom stereocenters. The van der Waals surface area contributed by atoms with Crippen LogP contribution in [0.1, 0.15) is 23.2 Å². The predicted octanol–water partition coefficient (Wildman–Crippen LogP) is 1.98. The maximum atomic E-state index is 12.7. The summed E-state index contributed by atoms with van der Waals surface area (Å²) in [6.45, 7) is 0.954. The van der Waals surface area contributed by atoms with Crippen molar-refractivity contribution in [3.05, 3.63) is 48.0 Å². The summed E-state index contributed by atoms with van der Waals surface area (Å²) < 4.78 is 50.4. The number of nitrogens with two attached hydrogens (primary N) is 1. The Morgan fingerprint density at radius 1 is 1.03 bits per heavy atom. The van der Waals surface area contributed by atoms with E-state index < -0.39 is 26.0 Å². The van der Waals surface area contributed by atoms with Crippen LogP contribution in [0.25, 0.3) is 10.2 Å². The topological polar surface area (TPSA) is 140 Å². The SMILES string of the molecule is NS(=O)(=O)c1ccc2nc(NC(=O)c3cccc(S(=O)(=O)N4CCCC4)c3)sc2c1. The molecular weight excluding hydrogens is 448 g/mol. The third-order valence-corrected chi connectivity index (χ3v) is 8.45. The van der Waals surface area contributed by atoms with Crippen molar-refractivity contribution in [3.63, 3.8) is 0 Å². The highest BCUT2D eigenvalue weighted by atomic mass is 32.2. The monoisotopic (exact) mass is 466 g/mol. The fourth-order valence-corrected chi connectivity index (χ4v) is 6.26. The molecule has 1 saturated heterocycles. The van der Waals surface area contributed by atoms with Crippen LogP contribution in [-0.4, -0.2) is 45.1 Å². The number of sulfonamides is 2. The van der Waals surface area contributed by atoms with Gasteiger partial charge in [0.05, 0.1) is 20.0 Å². The van der Waals surface area contributed by atoms with Crippen molar-refractivity contribution >= 4 is 52.6 Å². The molecule has 12 heteroatoms.